The van der Waals surface area contributed by atoms with Gasteiger partial charge in [0.15, 0.2) is 5.69 Å². The summed E-state index contributed by atoms with van der Waals surface area (Å²) in [4.78, 5) is 15.0. The van der Waals surface area contributed by atoms with E-state index in [0.717, 1.165) is 62.3 Å². The van der Waals surface area contributed by atoms with Crippen LogP contribution in [0.5, 0.6) is 0 Å². The first-order valence-corrected chi connectivity index (χ1v) is 9.10. The number of rotatable bonds is 3. The second-order valence-electron chi connectivity index (χ2n) is 7.09. The summed E-state index contributed by atoms with van der Waals surface area (Å²) in [5.74, 6) is -0.0301. The lowest BCUT2D eigenvalue weighted by Gasteiger charge is -2.24. The van der Waals surface area contributed by atoms with E-state index in [1.165, 1.54) is 0 Å². The van der Waals surface area contributed by atoms with E-state index in [2.05, 4.69) is 25.8 Å². The van der Waals surface area contributed by atoms with Gasteiger partial charge in [-0.05, 0) is 46.1 Å². The van der Waals surface area contributed by atoms with E-state index in [1.54, 1.807) is 0 Å². The molecular formula is C17H25N7O. The number of nitrogens with zero attached hydrogens (tertiary/aromatic N) is 5. The van der Waals surface area contributed by atoms with Gasteiger partial charge < -0.3 is 10.2 Å². The highest BCUT2D eigenvalue weighted by Gasteiger charge is 2.34. The van der Waals surface area contributed by atoms with Gasteiger partial charge >= 0.3 is 0 Å². The molecule has 8 nitrogen and oxygen atoms in total. The van der Waals surface area contributed by atoms with Crippen molar-refractivity contribution < 1.29 is 4.79 Å². The van der Waals surface area contributed by atoms with Crippen LogP contribution in [0, 0.1) is 13.8 Å². The third-order valence-corrected chi connectivity index (χ3v) is 5.41. The summed E-state index contributed by atoms with van der Waals surface area (Å²) in [6, 6.07) is 0.364. The monoisotopic (exact) mass is 343 g/mol. The van der Waals surface area contributed by atoms with Gasteiger partial charge in [0.1, 0.15) is 0 Å². The van der Waals surface area contributed by atoms with Crippen LogP contribution < -0.4 is 5.32 Å². The van der Waals surface area contributed by atoms with Gasteiger partial charge in [-0.15, -0.1) is 5.10 Å². The number of likely N-dealkylation sites (tertiary alicyclic amines) is 1. The van der Waals surface area contributed by atoms with Crippen LogP contribution in [0.15, 0.2) is 6.20 Å². The summed E-state index contributed by atoms with van der Waals surface area (Å²) in [5, 5.41) is 19.1. The Bertz CT molecular complexity index is 739. The second-order valence-corrected chi connectivity index (χ2v) is 7.09. The molecule has 2 N–H and O–H groups in total. The van der Waals surface area contributed by atoms with E-state index < -0.39 is 0 Å². The van der Waals surface area contributed by atoms with E-state index in [4.69, 9.17) is 0 Å². The average Bonchev–Trinajstić information content (AvgIpc) is 3.35. The number of H-pyrrole nitrogens is 1. The molecule has 0 radical (unpaired) electrons. The third kappa shape index (κ3) is 2.95. The Morgan fingerprint density at radius 2 is 2.16 bits per heavy atom. The van der Waals surface area contributed by atoms with Gasteiger partial charge in [0.2, 0.25) is 0 Å². The molecule has 2 unspecified atom stereocenters. The van der Waals surface area contributed by atoms with Crippen molar-refractivity contribution in [3.8, 4) is 0 Å². The van der Waals surface area contributed by atoms with Crippen molar-refractivity contribution in [1.29, 1.82) is 0 Å². The number of carbonyl (C=O) groups is 1. The fraction of sp³-hybridized carbons (Fsp3) is 0.647. The fourth-order valence-corrected chi connectivity index (χ4v) is 4.12. The molecule has 0 saturated carbocycles. The van der Waals surface area contributed by atoms with E-state index in [0.29, 0.717) is 5.69 Å². The quantitative estimate of drug-likeness (QED) is 0.881. The number of amides is 1. The zero-order chi connectivity index (χ0) is 17.4. The molecule has 25 heavy (non-hydrogen) atoms. The molecule has 2 aromatic heterocycles. The van der Waals surface area contributed by atoms with Crippen molar-refractivity contribution >= 4 is 5.91 Å². The minimum absolute atomic E-state index is 0.0301. The molecule has 0 spiro atoms. The van der Waals surface area contributed by atoms with Crippen LogP contribution in [-0.4, -0.2) is 55.6 Å². The summed E-state index contributed by atoms with van der Waals surface area (Å²) in [5.41, 5.74) is 3.60. The standard InChI is InChI=1S/C17H25N7O/c1-11-16(12(2)20-19-11)15-6-4-8-23(15)17(25)14-10-24(22-21-14)13-5-3-7-18-9-13/h10,13,15,18H,3-9H2,1-2H3,(H,19,20). The number of nitrogens with one attached hydrogen (secondary N) is 2. The highest BCUT2D eigenvalue weighted by atomic mass is 16.2. The van der Waals surface area contributed by atoms with E-state index in [1.807, 2.05) is 29.6 Å². The van der Waals surface area contributed by atoms with Crippen molar-refractivity contribution in [1.82, 2.24) is 35.4 Å². The minimum Gasteiger partial charge on any atom is -0.330 e. The van der Waals surface area contributed by atoms with Crippen LogP contribution in [0.3, 0.4) is 0 Å². The van der Waals surface area contributed by atoms with Crippen molar-refractivity contribution in [3.05, 3.63) is 28.8 Å². The Morgan fingerprint density at radius 3 is 2.88 bits per heavy atom. The molecule has 4 heterocycles. The van der Waals surface area contributed by atoms with Gasteiger partial charge in [-0.3, -0.25) is 9.89 Å². The molecule has 2 aromatic rings. The molecule has 0 bridgehead atoms. The van der Waals surface area contributed by atoms with Gasteiger partial charge in [0.25, 0.3) is 5.91 Å². The summed E-state index contributed by atoms with van der Waals surface area (Å²) in [6.45, 7) is 6.70. The molecule has 1 amide bonds. The van der Waals surface area contributed by atoms with Crippen LogP contribution in [0.25, 0.3) is 0 Å². The molecular weight excluding hydrogens is 318 g/mol. The molecule has 4 rings (SSSR count). The van der Waals surface area contributed by atoms with Gasteiger partial charge in [-0.25, -0.2) is 4.68 Å². The molecule has 2 aliphatic heterocycles. The van der Waals surface area contributed by atoms with Crippen LogP contribution in [0.1, 0.15) is 65.2 Å². The summed E-state index contributed by atoms with van der Waals surface area (Å²) >= 11 is 0. The molecule has 0 aliphatic carbocycles. The second kappa shape index (κ2) is 6.59. The number of aromatic nitrogens is 5. The van der Waals surface area contributed by atoms with Crippen molar-refractivity contribution in [2.75, 3.05) is 19.6 Å². The molecule has 2 saturated heterocycles. The Balaban J connectivity index is 1.55. The Morgan fingerprint density at radius 1 is 1.28 bits per heavy atom. The predicted octanol–water partition coefficient (Wildman–Crippen LogP) is 1.52. The lowest BCUT2D eigenvalue weighted by atomic mass is 10.0. The first kappa shape index (κ1) is 16.3. The topological polar surface area (TPSA) is 91.7 Å². The smallest absolute Gasteiger partial charge is 0.276 e. The zero-order valence-electron chi connectivity index (χ0n) is 14.8. The maximum absolute atomic E-state index is 13.0. The number of hydrogen-bond donors (Lipinski definition) is 2. The molecule has 2 atom stereocenters. The zero-order valence-corrected chi connectivity index (χ0v) is 14.8. The minimum atomic E-state index is -0.0301. The van der Waals surface area contributed by atoms with Crippen LogP contribution in [0.4, 0.5) is 0 Å². The number of aromatic amines is 1. The predicted molar refractivity (Wildman–Crippen MR) is 92.2 cm³/mol. The van der Waals surface area contributed by atoms with Crippen LogP contribution in [-0.2, 0) is 0 Å². The first-order valence-electron chi connectivity index (χ1n) is 9.10. The van der Waals surface area contributed by atoms with Gasteiger partial charge in [-0.2, -0.15) is 5.10 Å². The average molecular weight is 343 g/mol. The normalized spacial score (nSPS) is 24.0. The first-order chi connectivity index (χ1) is 12.1. The molecule has 2 aliphatic rings. The maximum Gasteiger partial charge on any atom is 0.276 e. The van der Waals surface area contributed by atoms with E-state index in [-0.39, 0.29) is 18.0 Å². The summed E-state index contributed by atoms with van der Waals surface area (Å²) in [7, 11) is 0. The highest BCUT2D eigenvalue weighted by molar-refractivity contribution is 5.92. The van der Waals surface area contributed by atoms with Crippen molar-refractivity contribution in [3.63, 3.8) is 0 Å². The summed E-state index contributed by atoms with van der Waals surface area (Å²) in [6.07, 6.45) is 5.98. The number of aryl methyl sites for hydroxylation is 2. The van der Waals surface area contributed by atoms with Crippen molar-refractivity contribution in [2.24, 2.45) is 0 Å². The Labute approximate surface area is 147 Å². The van der Waals surface area contributed by atoms with Crippen molar-refractivity contribution in [2.45, 2.75) is 51.6 Å². The molecule has 0 aromatic carbocycles. The fourth-order valence-electron chi connectivity index (χ4n) is 4.12. The van der Waals surface area contributed by atoms with Gasteiger partial charge in [0, 0.05) is 24.3 Å². The van der Waals surface area contributed by atoms with E-state index in [9.17, 15) is 4.79 Å². The molecule has 2 fully saturated rings. The Hall–Kier alpha value is -2.22. The van der Waals surface area contributed by atoms with Crippen LogP contribution in [0.2, 0.25) is 0 Å². The third-order valence-electron chi connectivity index (χ3n) is 5.41. The lowest BCUT2D eigenvalue weighted by Crippen LogP contribution is -2.32. The molecule has 8 heteroatoms. The number of piperidine rings is 1. The van der Waals surface area contributed by atoms with Gasteiger partial charge in [0.05, 0.1) is 24.0 Å². The lowest BCUT2D eigenvalue weighted by molar-refractivity contribution is 0.0729. The number of hydrogen-bond acceptors (Lipinski definition) is 5. The number of carbonyl (C=O) groups excluding carboxylic acids is 1. The maximum atomic E-state index is 13.0. The van der Waals surface area contributed by atoms with E-state index >= 15 is 0 Å². The molecule has 134 valence electrons. The van der Waals surface area contributed by atoms with Crippen LogP contribution >= 0.6 is 0 Å². The van der Waals surface area contributed by atoms with Gasteiger partial charge in [-0.1, -0.05) is 5.21 Å². The SMILES string of the molecule is Cc1n[nH]c(C)c1C1CCCN1C(=O)c1cn(C2CCCNC2)nn1. The highest BCUT2D eigenvalue weighted by Crippen LogP contribution is 2.35. The largest absolute Gasteiger partial charge is 0.330 e. The summed E-state index contributed by atoms with van der Waals surface area (Å²) < 4.78 is 1.85. The Kier molecular flexibility index (Phi) is 4.29.